The summed E-state index contributed by atoms with van der Waals surface area (Å²) in [5.74, 6) is 0. The number of anilines is 2. The fraction of sp³-hybridized carbons (Fsp3) is 0.0877. The van der Waals surface area contributed by atoms with Gasteiger partial charge in [0.25, 0.3) is 0 Å². The fourth-order valence-electron chi connectivity index (χ4n) is 9.48. The largest absolute Gasteiger partial charge is 0.455 e. The lowest BCUT2D eigenvalue weighted by Crippen LogP contribution is -2.20. The topological polar surface area (TPSA) is 16.4 Å². The van der Waals surface area contributed by atoms with Crippen LogP contribution in [0.2, 0.25) is 0 Å². The van der Waals surface area contributed by atoms with E-state index in [0.717, 1.165) is 51.6 Å². The molecule has 0 radical (unpaired) electrons. The third kappa shape index (κ3) is 6.03. The molecule has 0 unspecified atom stereocenters. The van der Waals surface area contributed by atoms with Crippen LogP contribution in [0.3, 0.4) is 0 Å². The third-order valence-corrected chi connectivity index (χ3v) is 12.6. The first-order valence-electron chi connectivity index (χ1n) is 20.7. The summed E-state index contributed by atoms with van der Waals surface area (Å²) in [6, 6.07) is 68.3. The highest BCUT2D eigenvalue weighted by Crippen LogP contribution is 2.51. The Morgan fingerprint density at radius 3 is 1.73 bits per heavy atom. The molecule has 0 saturated heterocycles. The number of fused-ring (bicyclic) bond motifs is 6. The Balaban J connectivity index is 0.946. The van der Waals surface area contributed by atoms with Crippen molar-refractivity contribution in [1.82, 2.24) is 0 Å². The lowest BCUT2D eigenvalue weighted by atomic mass is 9.81. The van der Waals surface area contributed by atoms with Crippen molar-refractivity contribution in [3.05, 3.63) is 223 Å². The highest BCUT2D eigenvalue weighted by molar-refractivity contribution is 6.09. The van der Waals surface area contributed by atoms with Gasteiger partial charge in [0.2, 0.25) is 0 Å². The van der Waals surface area contributed by atoms with Crippen LogP contribution < -0.4 is 4.90 Å². The Hall–Kier alpha value is -7.16. The molecule has 0 spiro atoms. The highest BCUT2D eigenvalue weighted by atomic mass is 16.3. The van der Waals surface area contributed by atoms with Crippen LogP contribution in [0.4, 0.5) is 11.4 Å². The van der Waals surface area contributed by atoms with Crippen molar-refractivity contribution in [2.24, 2.45) is 0 Å². The van der Waals surface area contributed by atoms with Gasteiger partial charge in [-0.05, 0) is 117 Å². The zero-order chi connectivity index (χ0) is 39.5. The summed E-state index contributed by atoms with van der Waals surface area (Å²) >= 11 is 0. The van der Waals surface area contributed by atoms with E-state index < -0.39 is 0 Å². The lowest BCUT2D eigenvalue weighted by Gasteiger charge is -2.31. The summed E-state index contributed by atoms with van der Waals surface area (Å²) < 4.78 is 6.37. The molecule has 0 fully saturated rings. The maximum absolute atomic E-state index is 6.37. The van der Waals surface area contributed by atoms with Crippen molar-refractivity contribution in [2.75, 3.05) is 4.90 Å². The number of hydrogen-bond donors (Lipinski definition) is 0. The van der Waals surface area contributed by atoms with E-state index in [1.807, 2.05) is 12.1 Å². The van der Waals surface area contributed by atoms with E-state index in [1.165, 1.54) is 67.0 Å². The summed E-state index contributed by atoms with van der Waals surface area (Å²) in [6.45, 7) is 4.76. The summed E-state index contributed by atoms with van der Waals surface area (Å²) in [5.41, 5.74) is 20.6. The van der Waals surface area contributed by atoms with Gasteiger partial charge in [-0.2, -0.15) is 0 Å². The summed E-state index contributed by atoms with van der Waals surface area (Å²) in [5, 5.41) is 2.31. The van der Waals surface area contributed by atoms with Gasteiger partial charge in [0.15, 0.2) is 0 Å². The predicted octanol–water partition coefficient (Wildman–Crippen LogP) is 15.8. The number of hydrogen-bond acceptors (Lipinski definition) is 2. The molecule has 0 aliphatic heterocycles. The number of furan rings is 1. The quantitative estimate of drug-likeness (QED) is 0.161. The average Bonchev–Trinajstić information content (AvgIpc) is 3.79. The van der Waals surface area contributed by atoms with Crippen molar-refractivity contribution in [3.8, 4) is 44.5 Å². The second kappa shape index (κ2) is 14.0. The SMILES string of the molecule is CC1(C)c2cc(-c3ccccc3)ccc2-c2ccc(N(C3=CC=C(c4ccc(-c5cccc6c5oc5ccccc56)cc4)CC3)c3ccc(-c4ccccc4)cc3)cc21. The van der Waals surface area contributed by atoms with E-state index in [4.69, 9.17) is 4.42 Å². The zero-order valence-corrected chi connectivity index (χ0v) is 33.3. The smallest absolute Gasteiger partial charge is 0.143 e. The van der Waals surface area contributed by atoms with Crippen LogP contribution in [0.1, 0.15) is 43.4 Å². The second-order valence-electron chi connectivity index (χ2n) is 16.4. The minimum atomic E-state index is -0.148. The fourth-order valence-corrected chi connectivity index (χ4v) is 9.48. The summed E-state index contributed by atoms with van der Waals surface area (Å²) in [6.07, 6.45) is 6.55. The number of allylic oxidation sites excluding steroid dienone is 4. The molecule has 0 amide bonds. The molecule has 1 heterocycles. The van der Waals surface area contributed by atoms with E-state index >= 15 is 0 Å². The molecule has 2 nitrogen and oxygen atoms in total. The van der Waals surface area contributed by atoms with Gasteiger partial charge >= 0.3 is 0 Å². The maximum atomic E-state index is 6.37. The van der Waals surface area contributed by atoms with Gasteiger partial charge < -0.3 is 9.32 Å². The molecule has 59 heavy (non-hydrogen) atoms. The molecule has 0 N–H and O–H groups in total. The molecular formula is C57H43NO. The van der Waals surface area contributed by atoms with Crippen molar-refractivity contribution in [3.63, 3.8) is 0 Å². The van der Waals surface area contributed by atoms with E-state index in [2.05, 4.69) is 207 Å². The van der Waals surface area contributed by atoms with Crippen LogP contribution in [-0.2, 0) is 5.41 Å². The number of benzene rings is 8. The van der Waals surface area contributed by atoms with Gasteiger partial charge in [0.05, 0.1) is 0 Å². The Bertz CT molecular complexity index is 3090. The third-order valence-electron chi connectivity index (χ3n) is 12.6. The molecule has 9 aromatic rings. The van der Waals surface area contributed by atoms with Crippen LogP contribution in [0.5, 0.6) is 0 Å². The first-order valence-corrected chi connectivity index (χ1v) is 20.7. The molecule has 282 valence electrons. The highest BCUT2D eigenvalue weighted by Gasteiger charge is 2.36. The van der Waals surface area contributed by atoms with Gasteiger partial charge in [-0.15, -0.1) is 0 Å². The van der Waals surface area contributed by atoms with E-state index in [9.17, 15) is 0 Å². The predicted molar refractivity (Wildman–Crippen MR) is 248 cm³/mol. The lowest BCUT2D eigenvalue weighted by molar-refractivity contribution is 0.660. The Morgan fingerprint density at radius 2 is 1.00 bits per heavy atom. The van der Waals surface area contributed by atoms with Gasteiger partial charge in [-0.25, -0.2) is 0 Å². The first kappa shape index (κ1) is 35.0. The van der Waals surface area contributed by atoms with Crippen molar-refractivity contribution in [1.29, 1.82) is 0 Å². The monoisotopic (exact) mass is 757 g/mol. The molecule has 2 aliphatic carbocycles. The molecule has 2 heteroatoms. The summed E-state index contributed by atoms with van der Waals surface area (Å²) in [4.78, 5) is 2.48. The molecule has 0 atom stereocenters. The number of rotatable bonds is 7. The van der Waals surface area contributed by atoms with Gasteiger partial charge in [0.1, 0.15) is 11.2 Å². The normalized spacial score (nSPS) is 14.1. The van der Waals surface area contributed by atoms with Crippen LogP contribution in [0.15, 0.2) is 210 Å². The van der Waals surface area contributed by atoms with Gasteiger partial charge in [-0.1, -0.05) is 172 Å². The molecule has 2 aliphatic rings. The molecule has 0 bridgehead atoms. The molecule has 11 rings (SSSR count). The standard InChI is InChI=1S/C57H43NO/c1-57(2)53-36-44(39-14-7-4-8-15-39)28-34-49(53)50-35-33-47(37-54(50)57)58(45-29-24-41(25-30-45)38-12-5-3-6-13-38)46-31-26-42(27-32-46)40-20-22-43(23-21-40)48-17-11-18-52-51-16-9-10-19-55(51)59-56(48)52/h3-26,28-31,33-37H,27,32H2,1-2H3. The molecule has 1 aromatic heterocycles. The van der Waals surface area contributed by atoms with Crippen LogP contribution >= 0.6 is 0 Å². The van der Waals surface area contributed by atoms with Crippen molar-refractivity contribution < 1.29 is 4.42 Å². The minimum Gasteiger partial charge on any atom is -0.455 e. The Morgan fingerprint density at radius 1 is 0.424 bits per heavy atom. The Labute approximate surface area is 346 Å². The minimum absolute atomic E-state index is 0.148. The van der Waals surface area contributed by atoms with Crippen molar-refractivity contribution in [2.45, 2.75) is 32.1 Å². The van der Waals surface area contributed by atoms with E-state index in [-0.39, 0.29) is 5.41 Å². The summed E-state index contributed by atoms with van der Waals surface area (Å²) in [7, 11) is 0. The maximum Gasteiger partial charge on any atom is 0.143 e. The van der Waals surface area contributed by atoms with E-state index in [0.29, 0.717) is 0 Å². The number of nitrogens with zero attached hydrogens (tertiary/aromatic N) is 1. The van der Waals surface area contributed by atoms with E-state index in [1.54, 1.807) is 0 Å². The first-order chi connectivity index (χ1) is 29.0. The van der Waals surface area contributed by atoms with Gasteiger partial charge in [0, 0.05) is 38.8 Å². The van der Waals surface area contributed by atoms with Crippen LogP contribution in [0, 0.1) is 0 Å². The van der Waals surface area contributed by atoms with Crippen LogP contribution in [0.25, 0.3) is 72.0 Å². The molecule has 0 saturated carbocycles. The second-order valence-corrected chi connectivity index (χ2v) is 16.4. The molecule has 8 aromatic carbocycles. The Kier molecular flexibility index (Phi) is 8.34. The van der Waals surface area contributed by atoms with Crippen molar-refractivity contribution >= 4 is 38.9 Å². The zero-order valence-electron chi connectivity index (χ0n) is 33.3. The molecular weight excluding hydrogens is 715 g/mol. The van der Waals surface area contributed by atoms with Gasteiger partial charge in [-0.3, -0.25) is 0 Å². The van der Waals surface area contributed by atoms with Crippen LogP contribution in [-0.4, -0.2) is 0 Å². The number of para-hydroxylation sites is 2. The average molecular weight is 758 g/mol.